The summed E-state index contributed by atoms with van der Waals surface area (Å²) in [6.07, 6.45) is 1.01. The molecule has 0 fully saturated rings. The van der Waals surface area contributed by atoms with Crippen molar-refractivity contribution in [3.63, 3.8) is 0 Å². The lowest BCUT2D eigenvalue weighted by Crippen LogP contribution is -2.11. The van der Waals surface area contributed by atoms with Gasteiger partial charge in [0.25, 0.3) is 0 Å². The van der Waals surface area contributed by atoms with Gasteiger partial charge in [-0.05, 0) is 52.8 Å². The SMILES string of the molecule is CNCCCOc1ccc2ccccc2c1Br. The van der Waals surface area contributed by atoms with Crippen LogP contribution in [0.1, 0.15) is 6.42 Å². The minimum Gasteiger partial charge on any atom is -0.492 e. The summed E-state index contributed by atoms with van der Waals surface area (Å²) >= 11 is 3.61. The molecule has 0 radical (unpaired) electrons. The minimum absolute atomic E-state index is 0.734. The molecule has 0 saturated heterocycles. The van der Waals surface area contributed by atoms with Gasteiger partial charge in [0, 0.05) is 0 Å². The number of halogens is 1. The van der Waals surface area contributed by atoms with Gasteiger partial charge in [-0.1, -0.05) is 30.3 Å². The number of hydrogen-bond acceptors (Lipinski definition) is 2. The van der Waals surface area contributed by atoms with Gasteiger partial charge in [0.05, 0.1) is 11.1 Å². The lowest BCUT2D eigenvalue weighted by atomic mass is 10.1. The largest absolute Gasteiger partial charge is 0.492 e. The highest BCUT2D eigenvalue weighted by Gasteiger charge is 2.05. The van der Waals surface area contributed by atoms with E-state index in [1.165, 1.54) is 10.8 Å². The number of hydrogen-bond donors (Lipinski definition) is 1. The molecular formula is C14H16BrNO. The molecule has 0 amide bonds. The van der Waals surface area contributed by atoms with Crippen molar-refractivity contribution in [3.8, 4) is 5.75 Å². The van der Waals surface area contributed by atoms with Crippen molar-refractivity contribution in [1.82, 2.24) is 5.32 Å². The molecule has 0 saturated carbocycles. The van der Waals surface area contributed by atoms with Crippen LogP contribution in [0.15, 0.2) is 40.9 Å². The van der Waals surface area contributed by atoms with Crippen molar-refractivity contribution in [2.24, 2.45) is 0 Å². The van der Waals surface area contributed by atoms with Crippen molar-refractivity contribution < 1.29 is 4.74 Å². The van der Waals surface area contributed by atoms with Crippen LogP contribution in [0.3, 0.4) is 0 Å². The Balaban J connectivity index is 2.15. The first-order valence-electron chi connectivity index (χ1n) is 5.77. The van der Waals surface area contributed by atoms with Gasteiger partial charge < -0.3 is 10.1 Å². The quantitative estimate of drug-likeness (QED) is 0.851. The normalized spacial score (nSPS) is 10.7. The highest BCUT2D eigenvalue weighted by molar-refractivity contribution is 9.10. The Morgan fingerprint density at radius 2 is 2.00 bits per heavy atom. The molecule has 0 unspecified atom stereocenters. The van der Waals surface area contributed by atoms with Gasteiger partial charge in [0.2, 0.25) is 0 Å². The molecule has 0 heterocycles. The summed E-state index contributed by atoms with van der Waals surface area (Å²) in [6, 6.07) is 12.4. The third-order valence-electron chi connectivity index (χ3n) is 2.66. The van der Waals surface area contributed by atoms with Crippen LogP contribution in [0, 0.1) is 0 Å². The fourth-order valence-electron chi connectivity index (χ4n) is 1.76. The highest BCUT2D eigenvalue weighted by Crippen LogP contribution is 2.32. The first-order chi connectivity index (χ1) is 8.33. The average Bonchev–Trinajstić information content (AvgIpc) is 2.37. The van der Waals surface area contributed by atoms with Crippen molar-refractivity contribution in [1.29, 1.82) is 0 Å². The van der Waals surface area contributed by atoms with Gasteiger partial charge in [-0.2, -0.15) is 0 Å². The highest BCUT2D eigenvalue weighted by atomic mass is 79.9. The summed E-state index contributed by atoms with van der Waals surface area (Å²) in [7, 11) is 1.95. The standard InChI is InChI=1S/C14H16BrNO/c1-16-9-4-10-17-13-8-7-11-5-2-3-6-12(11)14(13)15/h2-3,5-8,16H,4,9-10H2,1H3. The van der Waals surface area contributed by atoms with Crippen molar-refractivity contribution in [2.75, 3.05) is 20.2 Å². The van der Waals surface area contributed by atoms with Crippen LogP contribution in [-0.4, -0.2) is 20.2 Å². The van der Waals surface area contributed by atoms with E-state index in [1.54, 1.807) is 0 Å². The first-order valence-corrected chi connectivity index (χ1v) is 6.57. The van der Waals surface area contributed by atoms with Crippen LogP contribution in [0.5, 0.6) is 5.75 Å². The average molecular weight is 294 g/mol. The fourth-order valence-corrected chi connectivity index (χ4v) is 2.36. The Kier molecular flexibility index (Phi) is 4.40. The third kappa shape index (κ3) is 2.99. The molecule has 1 N–H and O–H groups in total. The van der Waals surface area contributed by atoms with Crippen molar-refractivity contribution >= 4 is 26.7 Å². The fraction of sp³-hybridized carbons (Fsp3) is 0.286. The van der Waals surface area contributed by atoms with E-state index >= 15 is 0 Å². The summed E-state index contributed by atoms with van der Waals surface area (Å²) in [4.78, 5) is 0. The molecule has 0 spiro atoms. The maximum atomic E-state index is 5.76. The molecule has 2 nitrogen and oxygen atoms in total. The molecule has 0 atom stereocenters. The van der Waals surface area contributed by atoms with Crippen LogP contribution in [0.4, 0.5) is 0 Å². The van der Waals surface area contributed by atoms with Gasteiger partial charge in [-0.15, -0.1) is 0 Å². The predicted molar refractivity (Wildman–Crippen MR) is 75.7 cm³/mol. The Bertz CT molecular complexity index is 499. The smallest absolute Gasteiger partial charge is 0.134 e. The minimum atomic E-state index is 0.734. The molecule has 90 valence electrons. The summed E-state index contributed by atoms with van der Waals surface area (Å²) in [5.74, 6) is 0.916. The zero-order valence-electron chi connectivity index (χ0n) is 9.87. The zero-order chi connectivity index (χ0) is 12.1. The maximum Gasteiger partial charge on any atom is 0.134 e. The van der Waals surface area contributed by atoms with Crippen LogP contribution < -0.4 is 10.1 Å². The molecule has 2 rings (SSSR count). The molecule has 2 aromatic carbocycles. The number of fused-ring (bicyclic) bond motifs is 1. The van der Waals surface area contributed by atoms with E-state index in [0.717, 1.165) is 29.8 Å². The third-order valence-corrected chi connectivity index (χ3v) is 3.47. The predicted octanol–water partition coefficient (Wildman–Crippen LogP) is 3.59. The van der Waals surface area contributed by atoms with Gasteiger partial charge >= 0.3 is 0 Å². The molecule has 2 aromatic rings. The lowest BCUT2D eigenvalue weighted by Gasteiger charge is -2.10. The molecular weight excluding hydrogens is 278 g/mol. The molecule has 0 aliphatic carbocycles. The Hall–Kier alpha value is -1.06. The Morgan fingerprint density at radius 1 is 1.18 bits per heavy atom. The number of benzene rings is 2. The first kappa shape index (κ1) is 12.4. The van der Waals surface area contributed by atoms with Crippen molar-refractivity contribution in [2.45, 2.75) is 6.42 Å². The van der Waals surface area contributed by atoms with Crippen LogP contribution >= 0.6 is 15.9 Å². The lowest BCUT2D eigenvalue weighted by molar-refractivity contribution is 0.308. The van der Waals surface area contributed by atoms with E-state index in [0.29, 0.717) is 0 Å². The van der Waals surface area contributed by atoms with E-state index in [2.05, 4.69) is 39.4 Å². The number of nitrogens with one attached hydrogen (secondary N) is 1. The number of ether oxygens (including phenoxy) is 1. The topological polar surface area (TPSA) is 21.3 Å². The van der Waals surface area contributed by atoms with E-state index in [1.807, 2.05) is 25.2 Å². The molecule has 0 aliphatic rings. The maximum absolute atomic E-state index is 5.76. The van der Waals surface area contributed by atoms with Crippen LogP contribution in [0.25, 0.3) is 10.8 Å². The zero-order valence-corrected chi connectivity index (χ0v) is 11.5. The van der Waals surface area contributed by atoms with E-state index in [9.17, 15) is 0 Å². The summed E-state index contributed by atoms with van der Waals surface area (Å²) < 4.78 is 6.80. The Labute approximate surface area is 110 Å². The second kappa shape index (κ2) is 6.03. The van der Waals surface area contributed by atoms with Crippen LogP contribution in [0.2, 0.25) is 0 Å². The second-order valence-corrected chi connectivity index (χ2v) is 4.70. The Morgan fingerprint density at radius 3 is 2.82 bits per heavy atom. The number of rotatable bonds is 5. The van der Waals surface area contributed by atoms with E-state index in [4.69, 9.17) is 4.74 Å². The van der Waals surface area contributed by atoms with Crippen molar-refractivity contribution in [3.05, 3.63) is 40.9 Å². The summed E-state index contributed by atoms with van der Waals surface area (Å²) in [6.45, 7) is 1.71. The van der Waals surface area contributed by atoms with Crippen LogP contribution in [-0.2, 0) is 0 Å². The molecule has 0 aliphatic heterocycles. The van der Waals surface area contributed by atoms with E-state index < -0.39 is 0 Å². The van der Waals surface area contributed by atoms with Gasteiger partial charge in [-0.25, -0.2) is 0 Å². The molecule has 17 heavy (non-hydrogen) atoms. The summed E-state index contributed by atoms with van der Waals surface area (Å²) in [5.41, 5.74) is 0. The molecule has 3 heteroatoms. The van der Waals surface area contributed by atoms with E-state index in [-0.39, 0.29) is 0 Å². The monoisotopic (exact) mass is 293 g/mol. The summed E-state index contributed by atoms with van der Waals surface area (Å²) in [5, 5.41) is 5.52. The van der Waals surface area contributed by atoms with Gasteiger partial charge in [0.1, 0.15) is 5.75 Å². The molecule has 0 bridgehead atoms. The molecule has 0 aromatic heterocycles. The second-order valence-electron chi connectivity index (χ2n) is 3.90. The van der Waals surface area contributed by atoms with Gasteiger partial charge in [-0.3, -0.25) is 0 Å². The van der Waals surface area contributed by atoms with Gasteiger partial charge in [0.15, 0.2) is 0 Å².